The van der Waals surface area contributed by atoms with Gasteiger partial charge in [0.2, 0.25) is 0 Å². The summed E-state index contributed by atoms with van der Waals surface area (Å²) in [4.78, 5) is 0. The highest BCUT2D eigenvalue weighted by Crippen LogP contribution is 2.21. The van der Waals surface area contributed by atoms with E-state index in [1.54, 1.807) is 19.2 Å². The molecule has 2 nitrogen and oxygen atoms in total. The van der Waals surface area contributed by atoms with Crippen molar-refractivity contribution in [3.05, 3.63) is 64.4 Å². The summed E-state index contributed by atoms with van der Waals surface area (Å²) in [6.07, 6.45) is 1.33. The molecule has 0 fully saturated rings. The minimum atomic E-state index is -0.409. The first-order valence-electron chi connectivity index (χ1n) is 6.41. The molecule has 2 aromatic rings. The molecule has 0 heterocycles. The van der Waals surface area contributed by atoms with Crippen LogP contribution in [0.5, 0.6) is 5.75 Å². The maximum atomic E-state index is 13.1. The number of hydrogen-bond donors (Lipinski definition) is 1. The van der Waals surface area contributed by atoms with Crippen molar-refractivity contribution in [1.82, 2.24) is 0 Å². The van der Waals surface area contributed by atoms with E-state index >= 15 is 0 Å². The molecule has 0 aliphatic carbocycles. The van der Waals surface area contributed by atoms with Gasteiger partial charge in [0.25, 0.3) is 0 Å². The fourth-order valence-corrected chi connectivity index (χ4v) is 2.40. The largest absolute Gasteiger partial charge is 0.496 e. The summed E-state index contributed by atoms with van der Waals surface area (Å²) in [7, 11) is 1.64. The summed E-state index contributed by atoms with van der Waals surface area (Å²) in [5.74, 6) is 0.425. The van der Waals surface area contributed by atoms with Crippen molar-refractivity contribution in [3.8, 4) is 5.75 Å². The van der Waals surface area contributed by atoms with Gasteiger partial charge in [-0.2, -0.15) is 0 Å². The van der Waals surface area contributed by atoms with E-state index < -0.39 is 5.82 Å². The monoisotopic (exact) mass is 293 g/mol. The minimum absolute atomic E-state index is 0.0761. The number of halogens is 2. The normalized spacial score (nSPS) is 12.2. The first kappa shape index (κ1) is 14.8. The van der Waals surface area contributed by atoms with Crippen molar-refractivity contribution in [2.24, 2.45) is 5.73 Å². The second-order valence-corrected chi connectivity index (χ2v) is 5.14. The van der Waals surface area contributed by atoms with Crippen molar-refractivity contribution >= 4 is 11.6 Å². The molecule has 0 aromatic heterocycles. The van der Waals surface area contributed by atoms with E-state index in [-0.39, 0.29) is 11.1 Å². The van der Waals surface area contributed by atoms with Crippen LogP contribution in [0.3, 0.4) is 0 Å². The predicted octanol–water partition coefficient (Wildman–Crippen LogP) is 3.60. The molecule has 0 aliphatic heterocycles. The first-order valence-corrected chi connectivity index (χ1v) is 6.79. The molecule has 106 valence electrons. The van der Waals surface area contributed by atoms with Gasteiger partial charge in [-0.25, -0.2) is 4.39 Å². The molecule has 2 aromatic carbocycles. The van der Waals surface area contributed by atoms with E-state index in [1.807, 2.05) is 24.3 Å². The second-order valence-electron chi connectivity index (χ2n) is 4.73. The Labute approximate surface area is 123 Å². The topological polar surface area (TPSA) is 35.2 Å². The van der Waals surface area contributed by atoms with Gasteiger partial charge in [-0.15, -0.1) is 0 Å². The number of hydrogen-bond acceptors (Lipinski definition) is 2. The number of ether oxygens (including phenoxy) is 1. The highest BCUT2D eigenvalue weighted by atomic mass is 35.5. The number of nitrogens with two attached hydrogens (primary N) is 1. The number of para-hydroxylation sites is 1. The zero-order chi connectivity index (χ0) is 14.5. The van der Waals surface area contributed by atoms with E-state index in [2.05, 4.69) is 0 Å². The molecule has 1 unspecified atom stereocenters. The van der Waals surface area contributed by atoms with E-state index in [4.69, 9.17) is 22.1 Å². The molecule has 0 bridgehead atoms. The lowest BCUT2D eigenvalue weighted by Gasteiger charge is -2.14. The van der Waals surface area contributed by atoms with E-state index in [9.17, 15) is 4.39 Å². The smallest absolute Gasteiger partial charge is 0.141 e. The fourth-order valence-electron chi connectivity index (χ4n) is 2.20. The van der Waals surface area contributed by atoms with Gasteiger partial charge in [0.1, 0.15) is 11.6 Å². The molecule has 0 spiro atoms. The minimum Gasteiger partial charge on any atom is -0.496 e. The lowest BCUT2D eigenvalue weighted by molar-refractivity contribution is 0.408. The summed E-state index contributed by atoms with van der Waals surface area (Å²) in [5.41, 5.74) is 8.15. The Hall–Kier alpha value is -1.58. The summed E-state index contributed by atoms with van der Waals surface area (Å²) in [6, 6.07) is 12.4. The molecule has 0 radical (unpaired) electrons. The zero-order valence-corrected chi connectivity index (χ0v) is 12.0. The van der Waals surface area contributed by atoms with E-state index in [0.717, 1.165) is 16.9 Å². The third-order valence-electron chi connectivity index (χ3n) is 3.16. The highest BCUT2D eigenvalue weighted by Gasteiger charge is 2.10. The Morgan fingerprint density at radius 3 is 2.65 bits per heavy atom. The van der Waals surface area contributed by atoms with Crippen LogP contribution < -0.4 is 10.5 Å². The van der Waals surface area contributed by atoms with Crippen LogP contribution in [0.15, 0.2) is 42.5 Å². The van der Waals surface area contributed by atoms with Crippen molar-refractivity contribution in [2.45, 2.75) is 18.9 Å². The molecule has 20 heavy (non-hydrogen) atoms. The molecule has 2 rings (SSSR count). The molecule has 4 heteroatoms. The fraction of sp³-hybridized carbons (Fsp3) is 0.250. The Morgan fingerprint density at radius 2 is 1.95 bits per heavy atom. The molecular weight excluding hydrogens is 277 g/mol. The third-order valence-corrected chi connectivity index (χ3v) is 3.45. The maximum absolute atomic E-state index is 13.1. The van der Waals surface area contributed by atoms with Gasteiger partial charge in [0.15, 0.2) is 0 Å². The number of benzene rings is 2. The van der Waals surface area contributed by atoms with Gasteiger partial charge in [-0.3, -0.25) is 0 Å². The lowest BCUT2D eigenvalue weighted by atomic mass is 9.99. The van der Waals surface area contributed by atoms with Crippen molar-refractivity contribution in [2.75, 3.05) is 7.11 Å². The summed E-state index contributed by atoms with van der Waals surface area (Å²) < 4.78 is 18.4. The van der Waals surface area contributed by atoms with Crippen molar-refractivity contribution in [3.63, 3.8) is 0 Å². The van der Waals surface area contributed by atoms with Crippen LogP contribution in [-0.4, -0.2) is 13.2 Å². The molecular formula is C16H17ClFNO. The van der Waals surface area contributed by atoms with Gasteiger partial charge in [0, 0.05) is 6.04 Å². The van der Waals surface area contributed by atoms with E-state index in [1.165, 1.54) is 6.07 Å². The van der Waals surface area contributed by atoms with Crippen LogP contribution in [0, 0.1) is 5.82 Å². The van der Waals surface area contributed by atoms with Crippen LogP contribution in [0.2, 0.25) is 5.02 Å². The van der Waals surface area contributed by atoms with Crippen LogP contribution in [-0.2, 0) is 12.8 Å². The molecule has 1 atom stereocenters. The molecule has 2 N–H and O–H groups in total. The Morgan fingerprint density at radius 1 is 1.20 bits per heavy atom. The Kier molecular flexibility index (Phi) is 4.99. The SMILES string of the molecule is COc1ccccc1CC(N)Cc1ccc(F)c(Cl)c1. The summed E-state index contributed by atoms with van der Waals surface area (Å²) in [6.45, 7) is 0. The van der Waals surface area contributed by atoms with Crippen molar-refractivity contribution in [1.29, 1.82) is 0 Å². The van der Waals surface area contributed by atoms with Crippen LogP contribution in [0.25, 0.3) is 0 Å². The lowest BCUT2D eigenvalue weighted by Crippen LogP contribution is -2.25. The number of methoxy groups -OCH3 is 1. The number of rotatable bonds is 5. The quantitative estimate of drug-likeness (QED) is 0.914. The maximum Gasteiger partial charge on any atom is 0.141 e. The van der Waals surface area contributed by atoms with Crippen molar-refractivity contribution < 1.29 is 9.13 Å². The van der Waals surface area contributed by atoms with Gasteiger partial charge in [0.05, 0.1) is 12.1 Å². The average molecular weight is 294 g/mol. The molecule has 0 saturated heterocycles. The third kappa shape index (κ3) is 3.71. The van der Waals surface area contributed by atoms with Gasteiger partial charge >= 0.3 is 0 Å². The second kappa shape index (κ2) is 6.73. The van der Waals surface area contributed by atoms with Crippen LogP contribution in [0.1, 0.15) is 11.1 Å². The average Bonchev–Trinajstić information content (AvgIpc) is 2.43. The molecule has 0 aliphatic rings. The molecule has 0 amide bonds. The zero-order valence-electron chi connectivity index (χ0n) is 11.3. The standard InChI is InChI=1S/C16H17ClFNO/c1-20-16-5-3-2-4-12(16)10-13(19)8-11-6-7-15(18)14(17)9-11/h2-7,9,13H,8,10,19H2,1H3. The highest BCUT2D eigenvalue weighted by molar-refractivity contribution is 6.30. The van der Waals surface area contributed by atoms with Gasteiger partial charge < -0.3 is 10.5 Å². The predicted molar refractivity (Wildman–Crippen MR) is 79.8 cm³/mol. The Balaban J connectivity index is 2.05. The first-order chi connectivity index (χ1) is 9.60. The van der Waals surface area contributed by atoms with E-state index in [0.29, 0.717) is 12.8 Å². The van der Waals surface area contributed by atoms with Crippen LogP contribution in [0.4, 0.5) is 4.39 Å². The van der Waals surface area contributed by atoms with Gasteiger partial charge in [-0.1, -0.05) is 35.9 Å². The summed E-state index contributed by atoms with van der Waals surface area (Å²) in [5, 5.41) is 0.131. The van der Waals surface area contributed by atoms with Crippen LogP contribution >= 0.6 is 11.6 Å². The molecule has 0 saturated carbocycles. The Bertz CT molecular complexity index is 588. The summed E-state index contributed by atoms with van der Waals surface area (Å²) >= 11 is 5.77. The van der Waals surface area contributed by atoms with Gasteiger partial charge in [-0.05, 0) is 42.2 Å².